The summed E-state index contributed by atoms with van der Waals surface area (Å²) in [5, 5.41) is 3.51. The Kier molecular flexibility index (Phi) is 5.77. The molecule has 1 saturated heterocycles. The summed E-state index contributed by atoms with van der Waals surface area (Å²) in [7, 11) is 0. The molecule has 3 N–H and O–H groups in total. The van der Waals surface area contributed by atoms with Gasteiger partial charge in [0.2, 0.25) is 5.91 Å². The van der Waals surface area contributed by atoms with E-state index >= 15 is 0 Å². The van der Waals surface area contributed by atoms with Gasteiger partial charge in [0.25, 0.3) is 0 Å². The van der Waals surface area contributed by atoms with Crippen molar-refractivity contribution in [2.24, 2.45) is 5.73 Å². The average molecular weight is 227 g/mol. The fourth-order valence-electron chi connectivity index (χ4n) is 2.49. The smallest absolute Gasteiger partial charge is 0.231 e. The van der Waals surface area contributed by atoms with Crippen LogP contribution in [0.3, 0.4) is 0 Å². The molecule has 0 aromatic carbocycles. The molecule has 4 heteroatoms. The Bertz CT molecular complexity index is 220. The zero-order valence-corrected chi connectivity index (χ0v) is 10.5. The van der Waals surface area contributed by atoms with E-state index in [1.54, 1.807) is 0 Å². The summed E-state index contributed by atoms with van der Waals surface area (Å²) in [5.41, 5.74) is 5.28. The normalized spacial score (nSPS) is 24.2. The minimum absolute atomic E-state index is 0.213. The SMILES string of the molecule is CCCNC(C)C1CCCCN1CC(N)=O. The molecule has 0 aromatic heterocycles. The number of nitrogens with zero attached hydrogens (tertiary/aromatic N) is 1. The summed E-state index contributed by atoms with van der Waals surface area (Å²) in [6, 6.07) is 0.910. The zero-order valence-electron chi connectivity index (χ0n) is 10.5. The third-order valence-electron chi connectivity index (χ3n) is 3.32. The maximum atomic E-state index is 11.0. The first-order chi connectivity index (χ1) is 7.65. The summed E-state index contributed by atoms with van der Waals surface area (Å²) in [6.45, 7) is 6.83. The van der Waals surface area contributed by atoms with Gasteiger partial charge in [-0.3, -0.25) is 9.69 Å². The number of piperidine rings is 1. The molecule has 0 aliphatic carbocycles. The van der Waals surface area contributed by atoms with E-state index in [2.05, 4.69) is 24.1 Å². The van der Waals surface area contributed by atoms with E-state index in [9.17, 15) is 4.79 Å². The minimum atomic E-state index is -0.213. The molecule has 2 atom stereocenters. The fraction of sp³-hybridized carbons (Fsp3) is 0.917. The molecule has 0 bridgehead atoms. The molecule has 2 unspecified atom stereocenters. The predicted octanol–water partition coefficient (Wildman–Crippen LogP) is 0.714. The Morgan fingerprint density at radius 3 is 2.94 bits per heavy atom. The highest BCUT2D eigenvalue weighted by molar-refractivity contribution is 5.76. The van der Waals surface area contributed by atoms with Crippen molar-refractivity contribution in [1.82, 2.24) is 10.2 Å². The number of hydrogen-bond donors (Lipinski definition) is 2. The van der Waals surface area contributed by atoms with Crippen LogP contribution in [0.15, 0.2) is 0 Å². The topological polar surface area (TPSA) is 58.4 Å². The molecule has 0 radical (unpaired) electrons. The van der Waals surface area contributed by atoms with Crippen LogP contribution < -0.4 is 11.1 Å². The maximum Gasteiger partial charge on any atom is 0.231 e. The molecule has 4 nitrogen and oxygen atoms in total. The van der Waals surface area contributed by atoms with Crippen LogP contribution in [0.25, 0.3) is 0 Å². The molecule has 1 heterocycles. The Morgan fingerprint density at radius 2 is 2.31 bits per heavy atom. The van der Waals surface area contributed by atoms with Crippen LogP contribution in [0.2, 0.25) is 0 Å². The third kappa shape index (κ3) is 4.10. The fourth-order valence-corrected chi connectivity index (χ4v) is 2.49. The molecule has 94 valence electrons. The van der Waals surface area contributed by atoms with Gasteiger partial charge in [-0.05, 0) is 39.3 Å². The number of amides is 1. The molecule has 1 rings (SSSR count). The van der Waals surface area contributed by atoms with Crippen LogP contribution in [0.4, 0.5) is 0 Å². The monoisotopic (exact) mass is 227 g/mol. The van der Waals surface area contributed by atoms with Crippen LogP contribution in [-0.4, -0.2) is 42.5 Å². The molecule has 1 aliphatic heterocycles. The molecule has 0 aromatic rings. The number of nitrogens with one attached hydrogen (secondary N) is 1. The third-order valence-corrected chi connectivity index (χ3v) is 3.32. The quantitative estimate of drug-likeness (QED) is 0.703. The van der Waals surface area contributed by atoms with Gasteiger partial charge in [0.05, 0.1) is 6.54 Å². The highest BCUT2D eigenvalue weighted by Crippen LogP contribution is 2.19. The second-order valence-electron chi connectivity index (χ2n) is 4.74. The molecular weight excluding hydrogens is 202 g/mol. The number of nitrogens with two attached hydrogens (primary N) is 1. The second-order valence-corrected chi connectivity index (χ2v) is 4.74. The van der Waals surface area contributed by atoms with E-state index in [-0.39, 0.29) is 5.91 Å². The first kappa shape index (κ1) is 13.5. The first-order valence-electron chi connectivity index (χ1n) is 6.41. The molecule has 1 fully saturated rings. The number of rotatable bonds is 6. The summed E-state index contributed by atoms with van der Waals surface area (Å²) in [6.07, 6.45) is 4.76. The maximum absolute atomic E-state index is 11.0. The van der Waals surface area contributed by atoms with Crippen LogP contribution in [-0.2, 0) is 4.79 Å². The summed E-state index contributed by atoms with van der Waals surface area (Å²) in [5.74, 6) is -0.213. The van der Waals surface area contributed by atoms with E-state index in [0.29, 0.717) is 18.6 Å². The lowest BCUT2D eigenvalue weighted by molar-refractivity contribution is -0.120. The number of hydrogen-bond acceptors (Lipinski definition) is 3. The van der Waals surface area contributed by atoms with Gasteiger partial charge in [-0.15, -0.1) is 0 Å². The number of carbonyl (C=O) groups excluding carboxylic acids is 1. The van der Waals surface area contributed by atoms with Gasteiger partial charge < -0.3 is 11.1 Å². The Hall–Kier alpha value is -0.610. The Labute approximate surface area is 98.6 Å². The van der Waals surface area contributed by atoms with Crippen molar-refractivity contribution in [3.8, 4) is 0 Å². The van der Waals surface area contributed by atoms with E-state index in [1.165, 1.54) is 19.3 Å². The average Bonchev–Trinajstić information content (AvgIpc) is 2.26. The van der Waals surface area contributed by atoms with Crippen LogP contribution >= 0.6 is 0 Å². The lowest BCUT2D eigenvalue weighted by Gasteiger charge is -2.38. The summed E-state index contributed by atoms with van der Waals surface area (Å²) >= 11 is 0. The predicted molar refractivity (Wildman–Crippen MR) is 66.2 cm³/mol. The van der Waals surface area contributed by atoms with E-state index in [1.807, 2.05) is 0 Å². The standard InChI is InChI=1S/C12H25N3O/c1-3-7-14-10(2)11-6-4-5-8-15(11)9-12(13)16/h10-11,14H,3-9H2,1-2H3,(H2,13,16). The molecular formula is C12H25N3O. The van der Waals surface area contributed by atoms with Crippen LogP contribution in [0, 0.1) is 0 Å². The van der Waals surface area contributed by atoms with Gasteiger partial charge in [0, 0.05) is 12.1 Å². The van der Waals surface area contributed by atoms with Gasteiger partial charge >= 0.3 is 0 Å². The summed E-state index contributed by atoms with van der Waals surface area (Å²) in [4.78, 5) is 13.2. The largest absolute Gasteiger partial charge is 0.369 e. The van der Waals surface area contributed by atoms with Crippen molar-refractivity contribution in [2.45, 2.75) is 51.6 Å². The number of primary amides is 1. The van der Waals surface area contributed by atoms with Crippen molar-refractivity contribution in [3.05, 3.63) is 0 Å². The van der Waals surface area contributed by atoms with Gasteiger partial charge in [-0.2, -0.15) is 0 Å². The van der Waals surface area contributed by atoms with Gasteiger partial charge in [-0.1, -0.05) is 13.3 Å². The molecule has 1 aliphatic rings. The van der Waals surface area contributed by atoms with E-state index in [4.69, 9.17) is 5.73 Å². The van der Waals surface area contributed by atoms with Gasteiger partial charge in [0.1, 0.15) is 0 Å². The van der Waals surface area contributed by atoms with Crippen molar-refractivity contribution >= 4 is 5.91 Å². The van der Waals surface area contributed by atoms with Crippen molar-refractivity contribution < 1.29 is 4.79 Å². The minimum Gasteiger partial charge on any atom is -0.369 e. The van der Waals surface area contributed by atoms with Crippen molar-refractivity contribution in [3.63, 3.8) is 0 Å². The zero-order chi connectivity index (χ0) is 12.0. The Balaban J connectivity index is 2.48. The van der Waals surface area contributed by atoms with Crippen LogP contribution in [0.1, 0.15) is 39.5 Å². The molecule has 0 saturated carbocycles. The Morgan fingerprint density at radius 1 is 1.56 bits per heavy atom. The molecule has 16 heavy (non-hydrogen) atoms. The lowest BCUT2D eigenvalue weighted by Crippen LogP contribution is -2.53. The number of likely N-dealkylation sites (tertiary alicyclic amines) is 1. The second kappa shape index (κ2) is 6.86. The first-order valence-corrected chi connectivity index (χ1v) is 6.41. The van der Waals surface area contributed by atoms with Crippen molar-refractivity contribution in [2.75, 3.05) is 19.6 Å². The molecule has 1 amide bonds. The summed E-state index contributed by atoms with van der Waals surface area (Å²) < 4.78 is 0. The highest BCUT2D eigenvalue weighted by Gasteiger charge is 2.27. The van der Waals surface area contributed by atoms with Gasteiger partial charge in [-0.25, -0.2) is 0 Å². The lowest BCUT2D eigenvalue weighted by atomic mass is 9.96. The highest BCUT2D eigenvalue weighted by atomic mass is 16.1. The van der Waals surface area contributed by atoms with Gasteiger partial charge in [0.15, 0.2) is 0 Å². The number of carbonyl (C=O) groups is 1. The van der Waals surface area contributed by atoms with Crippen molar-refractivity contribution in [1.29, 1.82) is 0 Å². The molecule has 0 spiro atoms. The van der Waals surface area contributed by atoms with Crippen LogP contribution in [0.5, 0.6) is 0 Å². The van der Waals surface area contributed by atoms with E-state index in [0.717, 1.165) is 19.5 Å². The van der Waals surface area contributed by atoms with E-state index < -0.39 is 0 Å².